The third kappa shape index (κ3) is 2.40. The largest absolute Gasteiger partial charge is 0.324 e. The maximum atomic E-state index is 12.7. The van der Waals surface area contributed by atoms with E-state index >= 15 is 0 Å². The monoisotopic (exact) mass is 302 g/mol. The van der Waals surface area contributed by atoms with Crippen molar-refractivity contribution in [1.29, 1.82) is 0 Å². The Morgan fingerprint density at radius 2 is 2.05 bits per heavy atom. The molecule has 0 spiro atoms. The van der Waals surface area contributed by atoms with Gasteiger partial charge in [-0.25, -0.2) is 0 Å². The zero-order valence-electron chi connectivity index (χ0n) is 11.7. The van der Waals surface area contributed by atoms with Crippen LogP contribution in [0.1, 0.15) is 20.9 Å². The quantitative estimate of drug-likeness (QED) is 0.842. The summed E-state index contributed by atoms with van der Waals surface area (Å²) in [6.07, 6.45) is 0. The van der Waals surface area contributed by atoms with E-state index in [0.717, 1.165) is 10.6 Å². The van der Waals surface area contributed by atoms with E-state index in [0.29, 0.717) is 17.8 Å². The molecule has 108 valence electrons. The van der Waals surface area contributed by atoms with Gasteiger partial charge in [-0.15, -0.1) is 5.10 Å². The fourth-order valence-corrected chi connectivity index (χ4v) is 2.94. The van der Waals surface area contributed by atoms with Crippen LogP contribution in [-0.4, -0.2) is 39.9 Å². The molecule has 1 aliphatic rings. The van der Waals surface area contributed by atoms with Crippen LogP contribution in [-0.2, 0) is 11.3 Å². The Morgan fingerprint density at radius 1 is 1.29 bits per heavy atom. The highest BCUT2D eigenvalue weighted by Crippen LogP contribution is 2.25. The van der Waals surface area contributed by atoms with Gasteiger partial charge in [0, 0.05) is 7.05 Å². The Morgan fingerprint density at radius 3 is 2.76 bits per heavy atom. The summed E-state index contributed by atoms with van der Waals surface area (Å²) in [5, 5.41) is 3.94. The summed E-state index contributed by atoms with van der Waals surface area (Å²) >= 11 is 1.26. The minimum atomic E-state index is -0.142. The molecule has 1 aliphatic heterocycles. The van der Waals surface area contributed by atoms with Crippen LogP contribution >= 0.6 is 11.5 Å². The van der Waals surface area contributed by atoms with E-state index in [9.17, 15) is 9.59 Å². The molecule has 0 saturated heterocycles. The van der Waals surface area contributed by atoms with E-state index in [2.05, 4.69) is 9.59 Å². The van der Waals surface area contributed by atoms with Crippen molar-refractivity contribution in [3.63, 3.8) is 0 Å². The molecule has 6 nitrogen and oxygen atoms in total. The number of carbonyl (C=O) groups excluding carboxylic acids is 2. The first kappa shape index (κ1) is 13.7. The van der Waals surface area contributed by atoms with Crippen molar-refractivity contribution >= 4 is 29.0 Å². The minimum Gasteiger partial charge on any atom is -0.324 e. The van der Waals surface area contributed by atoms with Crippen LogP contribution in [0.2, 0.25) is 0 Å². The maximum Gasteiger partial charge on any atom is 0.256 e. The number of hydrogen-bond donors (Lipinski definition) is 0. The molecule has 2 heterocycles. The number of anilines is 1. The van der Waals surface area contributed by atoms with Gasteiger partial charge in [-0.2, -0.15) is 0 Å². The number of rotatable bonds is 2. The number of aryl methyl sites for hydroxylation is 1. The summed E-state index contributed by atoms with van der Waals surface area (Å²) in [4.78, 5) is 28.9. The number of carbonyl (C=O) groups is 2. The van der Waals surface area contributed by atoms with Crippen molar-refractivity contribution in [2.45, 2.75) is 13.5 Å². The maximum absolute atomic E-state index is 12.7. The first-order valence-corrected chi connectivity index (χ1v) is 7.28. The van der Waals surface area contributed by atoms with Gasteiger partial charge in [0.05, 0.1) is 28.4 Å². The van der Waals surface area contributed by atoms with Crippen LogP contribution in [0.25, 0.3) is 0 Å². The molecule has 1 aromatic carbocycles. The molecule has 3 rings (SSSR count). The molecule has 1 aromatic heterocycles. The Bertz CT molecular complexity index is 713. The second kappa shape index (κ2) is 5.25. The van der Waals surface area contributed by atoms with Crippen molar-refractivity contribution in [3.8, 4) is 0 Å². The molecule has 0 N–H and O–H groups in total. The van der Waals surface area contributed by atoms with Gasteiger partial charge in [0.15, 0.2) is 0 Å². The Kier molecular flexibility index (Phi) is 3.42. The number of amides is 2. The second-order valence-corrected chi connectivity index (χ2v) is 5.75. The Labute approximate surface area is 126 Å². The average Bonchev–Trinajstić information content (AvgIpc) is 2.86. The number of hydrogen-bond acceptors (Lipinski definition) is 5. The van der Waals surface area contributed by atoms with E-state index in [1.54, 1.807) is 30.1 Å². The van der Waals surface area contributed by atoms with Gasteiger partial charge >= 0.3 is 0 Å². The van der Waals surface area contributed by atoms with Gasteiger partial charge in [0.25, 0.3) is 5.91 Å². The predicted molar refractivity (Wildman–Crippen MR) is 79.2 cm³/mol. The first-order chi connectivity index (χ1) is 10.1. The Hall–Kier alpha value is -2.28. The van der Waals surface area contributed by atoms with Crippen molar-refractivity contribution < 1.29 is 9.59 Å². The molecule has 2 aromatic rings. The summed E-state index contributed by atoms with van der Waals surface area (Å²) in [6, 6.07) is 7.16. The lowest BCUT2D eigenvalue weighted by molar-refractivity contribution is -0.118. The molecule has 7 heteroatoms. The highest BCUT2D eigenvalue weighted by molar-refractivity contribution is 7.05. The third-order valence-corrected chi connectivity index (χ3v) is 4.37. The molecule has 21 heavy (non-hydrogen) atoms. The molecule has 0 unspecified atom stereocenters. The fraction of sp³-hybridized carbons (Fsp3) is 0.286. The third-order valence-electron chi connectivity index (χ3n) is 3.56. The van der Waals surface area contributed by atoms with Crippen LogP contribution < -0.4 is 4.90 Å². The second-order valence-electron chi connectivity index (χ2n) is 4.91. The molecule has 0 fully saturated rings. The summed E-state index contributed by atoms with van der Waals surface area (Å²) in [6.45, 7) is 2.26. The fourth-order valence-electron chi connectivity index (χ4n) is 2.29. The number of para-hydroxylation sites is 1. The highest BCUT2D eigenvalue weighted by Gasteiger charge is 2.30. The van der Waals surface area contributed by atoms with Crippen molar-refractivity contribution in [2.24, 2.45) is 0 Å². The first-order valence-electron chi connectivity index (χ1n) is 6.50. The summed E-state index contributed by atoms with van der Waals surface area (Å²) in [5.41, 5.74) is 1.99. The van der Waals surface area contributed by atoms with Crippen LogP contribution in [0.3, 0.4) is 0 Å². The molecular formula is C14H14N4O2S. The van der Waals surface area contributed by atoms with Crippen LogP contribution in [0.15, 0.2) is 24.3 Å². The highest BCUT2D eigenvalue weighted by atomic mass is 32.1. The molecule has 0 bridgehead atoms. The zero-order chi connectivity index (χ0) is 15.0. The van der Waals surface area contributed by atoms with E-state index in [1.807, 2.05) is 13.0 Å². The molecular weight excluding hydrogens is 288 g/mol. The van der Waals surface area contributed by atoms with E-state index < -0.39 is 0 Å². The van der Waals surface area contributed by atoms with Gasteiger partial charge in [0.2, 0.25) is 5.91 Å². The number of benzene rings is 1. The van der Waals surface area contributed by atoms with E-state index in [4.69, 9.17) is 0 Å². The lowest BCUT2D eigenvalue weighted by atomic mass is 10.1. The van der Waals surface area contributed by atoms with Crippen LogP contribution in [0.4, 0.5) is 5.69 Å². The molecule has 0 saturated carbocycles. The van der Waals surface area contributed by atoms with Crippen molar-refractivity contribution in [2.75, 3.05) is 18.5 Å². The summed E-state index contributed by atoms with van der Waals surface area (Å²) in [5.74, 6) is -0.250. The topological polar surface area (TPSA) is 66.4 Å². The molecule has 0 aliphatic carbocycles. The number of aromatic nitrogens is 2. The van der Waals surface area contributed by atoms with Crippen LogP contribution in [0, 0.1) is 6.92 Å². The number of nitrogens with zero attached hydrogens (tertiary/aromatic N) is 4. The van der Waals surface area contributed by atoms with Crippen LogP contribution in [0.5, 0.6) is 0 Å². The van der Waals surface area contributed by atoms with E-state index in [1.165, 1.54) is 16.4 Å². The Balaban J connectivity index is 1.98. The normalized spacial score (nSPS) is 15.1. The molecule has 0 atom stereocenters. The predicted octanol–water partition coefficient (Wildman–Crippen LogP) is 1.47. The van der Waals surface area contributed by atoms with Gasteiger partial charge < -0.3 is 9.80 Å². The van der Waals surface area contributed by atoms with Gasteiger partial charge in [-0.1, -0.05) is 16.6 Å². The lowest BCUT2D eigenvalue weighted by Gasteiger charge is -2.19. The minimum absolute atomic E-state index is 0.0569. The molecule has 2 amide bonds. The number of likely N-dealkylation sites (N-methyl/N-ethyl adjacent to an activating group) is 1. The lowest BCUT2D eigenvalue weighted by Crippen LogP contribution is -2.37. The van der Waals surface area contributed by atoms with Gasteiger partial charge in [0.1, 0.15) is 6.54 Å². The standard InChI is InChI=1S/C14H14N4O2S/c1-9-12(21-16-15-9)7-18-8-13(19)17(2)11-6-4-3-5-10(11)14(18)20/h3-6H,7-8H2,1-2H3. The zero-order valence-corrected chi connectivity index (χ0v) is 12.6. The van der Waals surface area contributed by atoms with E-state index in [-0.39, 0.29) is 18.4 Å². The molecule has 0 radical (unpaired) electrons. The smallest absolute Gasteiger partial charge is 0.256 e. The number of fused-ring (bicyclic) bond motifs is 1. The summed E-state index contributed by atoms with van der Waals surface area (Å²) < 4.78 is 3.87. The van der Waals surface area contributed by atoms with Crippen molar-refractivity contribution in [3.05, 3.63) is 40.4 Å². The average molecular weight is 302 g/mol. The summed E-state index contributed by atoms with van der Waals surface area (Å²) in [7, 11) is 1.69. The van der Waals surface area contributed by atoms with Gasteiger partial charge in [-0.3, -0.25) is 9.59 Å². The SMILES string of the molecule is Cc1nnsc1CN1CC(=O)N(C)c2ccccc2C1=O. The van der Waals surface area contributed by atoms with Gasteiger partial charge in [-0.05, 0) is 30.6 Å². The van der Waals surface area contributed by atoms with Crippen molar-refractivity contribution in [1.82, 2.24) is 14.5 Å².